The molecule has 4 N–H and O–H groups in total. The molecule has 9 rings (SSSR count). The van der Waals surface area contributed by atoms with Crippen LogP contribution in [0.15, 0.2) is 66.9 Å². The lowest BCUT2D eigenvalue weighted by atomic mass is 9.63. The lowest BCUT2D eigenvalue weighted by molar-refractivity contribution is -0.141. The highest BCUT2D eigenvalue weighted by molar-refractivity contribution is 6.30. The van der Waals surface area contributed by atoms with Crippen molar-refractivity contribution < 1.29 is 46.3 Å². The highest BCUT2D eigenvalue weighted by Gasteiger charge is 2.62. The Labute approximate surface area is 395 Å². The number of halogens is 5. The zero-order chi connectivity index (χ0) is 48.6. The number of benzene rings is 3. The maximum atomic E-state index is 16.3. The molecule has 0 bridgehead atoms. The Hall–Kier alpha value is -6.27. The van der Waals surface area contributed by atoms with E-state index in [0.29, 0.717) is 42.7 Å². The van der Waals surface area contributed by atoms with Crippen LogP contribution in [-0.2, 0) is 32.5 Å². The number of alkyl halides is 3. The molecule has 5 aliphatic rings. The molecule has 3 aromatic carbocycles. The van der Waals surface area contributed by atoms with Gasteiger partial charge in [0, 0.05) is 96.8 Å². The first-order valence-electron chi connectivity index (χ1n) is 22.5. The van der Waals surface area contributed by atoms with Gasteiger partial charge in [-0.15, -0.1) is 0 Å². The molecule has 68 heavy (non-hydrogen) atoms. The summed E-state index contributed by atoms with van der Waals surface area (Å²) in [5, 5.41) is 11.7. The number of fused-ring (bicyclic) bond motifs is 3. The minimum atomic E-state index is -4.71. The van der Waals surface area contributed by atoms with Crippen LogP contribution in [-0.4, -0.2) is 102 Å². The molecule has 1 aromatic heterocycles. The minimum absolute atomic E-state index is 0.0752. The van der Waals surface area contributed by atoms with Crippen LogP contribution in [0, 0.1) is 11.2 Å². The number of aromatic nitrogens is 1. The van der Waals surface area contributed by atoms with Crippen molar-refractivity contribution in [1.29, 1.82) is 0 Å². The number of nitrogens with zero attached hydrogens (tertiary/aromatic N) is 4. The fraction of sp³-hybridized carbons (Fsp3) is 0.429. The molecule has 5 amide bonds. The molecule has 5 aliphatic heterocycles. The first kappa shape index (κ1) is 46.8. The molecule has 6 heterocycles. The summed E-state index contributed by atoms with van der Waals surface area (Å²) in [6.45, 7) is 9.63. The summed E-state index contributed by atoms with van der Waals surface area (Å²) in [6, 6.07) is 13.1. The number of nitrogens with one attached hydrogen (secondary N) is 4. The van der Waals surface area contributed by atoms with Crippen molar-refractivity contribution >= 4 is 58.2 Å². The number of ether oxygens (including phenoxy) is 1. The molecule has 0 radical (unpaired) electrons. The number of amides is 5. The zero-order valence-electron chi connectivity index (χ0n) is 38.0. The fourth-order valence-corrected chi connectivity index (χ4v) is 11.1. The number of piperidine rings is 1. The van der Waals surface area contributed by atoms with Crippen LogP contribution in [0.1, 0.15) is 96.0 Å². The standard InChI is InChI=1S/C49H51ClF4N8O6/c1-25-22-60(28-10-11-29-27(17-28)23-62(46(29)67)35-13-14-39(63)59-43(35)64)15-16-61(25)45(66)26-9-12-33(36(18-26)68-5)57-44(65)42-40(30-7-6-8-32(50)41(30)51)48(38(58-42)20-47(2,3)4)24-56-34-19-37(49(52,53)54)55-21-31(34)48/h6-12,17-19,21,25,35,38,40,42,56,58H,13-16,20,22-24H2,1-5H3,(H,57,65)(H,59,63,64)/t25-,35?,38-,40-,42+,48-/m0/s1. The third-order valence-electron chi connectivity index (χ3n) is 14.0. The second-order valence-corrected chi connectivity index (χ2v) is 19.9. The number of anilines is 3. The molecule has 19 heteroatoms. The molecule has 14 nitrogen and oxygen atoms in total. The van der Waals surface area contributed by atoms with E-state index in [2.05, 4.69) is 31.2 Å². The second-order valence-electron chi connectivity index (χ2n) is 19.5. The average Bonchev–Trinajstić information content (AvgIpc) is 3.94. The third-order valence-corrected chi connectivity index (χ3v) is 14.3. The first-order valence-corrected chi connectivity index (χ1v) is 22.9. The fourth-order valence-electron chi connectivity index (χ4n) is 10.9. The Kier molecular flexibility index (Phi) is 12.0. The van der Waals surface area contributed by atoms with E-state index in [1.807, 2.05) is 39.8 Å². The smallest absolute Gasteiger partial charge is 0.433 e. The van der Waals surface area contributed by atoms with E-state index >= 15 is 4.39 Å². The van der Waals surface area contributed by atoms with Gasteiger partial charge in [0.2, 0.25) is 17.7 Å². The summed E-state index contributed by atoms with van der Waals surface area (Å²) >= 11 is 6.37. The predicted molar refractivity (Wildman–Crippen MR) is 245 cm³/mol. The number of carbonyl (C=O) groups excluding carboxylic acids is 5. The number of hydrogen-bond donors (Lipinski definition) is 4. The normalized spacial score (nSPS) is 24.8. The Morgan fingerprint density at radius 2 is 1.81 bits per heavy atom. The first-order chi connectivity index (χ1) is 32.2. The maximum absolute atomic E-state index is 16.3. The highest BCUT2D eigenvalue weighted by atomic mass is 35.5. The summed E-state index contributed by atoms with van der Waals surface area (Å²) in [4.78, 5) is 75.7. The van der Waals surface area contributed by atoms with Crippen LogP contribution in [0.5, 0.6) is 5.75 Å². The Bertz CT molecular complexity index is 2750. The van der Waals surface area contributed by atoms with Crippen molar-refractivity contribution in [3.8, 4) is 5.75 Å². The average molecular weight is 959 g/mol. The maximum Gasteiger partial charge on any atom is 0.433 e. The topological polar surface area (TPSA) is 165 Å². The van der Waals surface area contributed by atoms with E-state index in [-0.39, 0.29) is 82.8 Å². The molecule has 4 aromatic rings. The predicted octanol–water partition coefficient (Wildman–Crippen LogP) is 6.88. The molecular formula is C49H51ClF4N8O6. The SMILES string of the molecule is COc1cc(C(=O)N2CCN(c3ccc4c(c3)CN(C3CCC(=O)NC3=O)C4=O)C[C@@H]2C)ccc1NC(=O)[C@@H]1N[C@@H](CC(C)(C)C)[C@@]2(CNc3cc(C(F)(F)F)ncc32)[C@H]1c1cccc(Cl)c1F. The van der Waals surface area contributed by atoms with Gasteiger partial charge in [-0.1, -0.05) is 44.5 Å². The molecule has 6 atom stereocenters. The Balaban J connectivity index is 0.939. The van der Waals surface area contributed by atoms with Gasteiger partial charge in [-0.05, 0) is 84.8 Å². The molecule has 1 spiro atoms. The molecule has 0 aliphatic carbocycles. The van der Waals surface area contributed by atoms with Crippen molar-refractivity contribution in [1.82, 2.24) is 25.4 Å². The summed E-state index contributed by atoms with van der Waals surface area (Å²) in [7, 11) is 1.41. The quantitative estimate of drug-likeness (QED) is 0.108. The van der Waals surface area contributed by atoms with E-state index in [9.17, 15) is 37.1 Å². The van der Waals surface area contributed by atoms with E-state index in [1.54, 1.807) is 41.3 Å². The number of imide groups is 1. The van der Waals surface area contributed by atoms with Crippen molar-refractivity contribution in [3.05, 3.63) is 111 Å². The molecule has 1 unspecified atom stereocenters. The number of methoxy groups -OCH3 is 1. The second kappa shape index (κ2) is 17.4. The van der Waals surface area contributed by atoms with Crippen LogP contribution >= 0.6 is 11.6 Å². The van der Waals surface area contributed by atoms with Gasteiger partial charge in [-0.2, -0.15) is 13.2 Å². The minimum Gasteiger partial charge on any atom is -0.495 e. The van der Waals surface area contributed by atoms with Crippen molar-refractivity contribution in [2.45, 2.75) is 95.2 Å². The van der Waals surface area contributed by atoms with Gasteiger partial charge in [0.1, 0.15) is 23.3 Å². The van der Waals surface area contributed by atoms with Gasteiger partial charge < -0.3 is 35.4 Å². The van der Waals surface area contributed by atoms with Crippen LogP contribution in [0.2, 0.25) is 5.02 Å². The number of carbonyl (C=O) groups is 5. The van der Waals surface area contributed by atoms with E-state index in [4.69, 9.17) is 16.3 Å². The summed E-state index contributed by atoms with van der Waals surface area (Å²) in [6.07, 6.45) is -2.64. The largest absolute Gasteiger partial charge is 0.495 e. The Morgan fingerprint density at radius 3 is 2.51 bits per heavy atom. The summed E-state index contributed by atoms with van der Waals surface area (Å²) in [5.74, 6) is -3.45. The Morgan fingerprint density at radius 1 is 1.03 bits per heavy atom. The van der Waals surface area contributed by atoms with Gasteiger partial charge in [0.15, 0.2) is 0 Å². The lowest BCUT2D eigenvalue weighted by Crippen LogP contribution is -2.54. The number of pyridine rings is 1. The van der Waals surface area contributed by atoms with E-state index in [0.717, 1.165) is 17.3 Å². The van der Waals surface area contributed by atoms with E-state index < -0.39 is 59.0 Å². The number of rotatable bonds is 8. The van der Waals surface area contributed by atoms with Gasteiger partial charge >= 0.3 is 6.18 Å². The molecular weight excluding hydrogens is 908 g/mol. The zero-order valence-corrected chi connectivity index (χ0v) is 38.8. The summed E-state index contributed by atoms with van der Waals surface area (Å²) in [5.41, 5.74) is 0.848. The van der Waals surface area contributed by atoms with Crippen molar-refractivity contribution in [3.63, 3.8) is 0 Å². The monoisotopic (exact) mass is 958 g/mol. The van der Waals surface area contributed by atoms with E-state index in [1.165, 1.54) is 24.3 Å². The summed E-state index contributed by atoms with van der Waals surface area (Å²) < 4.78 is 63.7. The van der Waals surface area contributed by atoms with Gasteiger partial charge in [0.25, 0.3) is 11.8 Å². The van der Waals surface area contributed by atoms with Crippen LogP contribution in [0.25, 0.3) is 0 Å². The molecule has 3 fully saturated rings. The molecule has 358 valence electrons. The van der Waals surface area contributed by atoms with Crippen LogP contribution in [0.3, 0.4) is 0 Å². The van der Waals surface area contributed by atoms with Crippen LogP contribution in [0.4, 0.5) is 34.6 Å². The molecule has 0 saturated carbocycles. The third kappa shape index (κ3) is 8.28. The molecule has 3 saturated heterocycles. The lowest BCUT2D eigenvalue weighted by Gasteiger charge is -2.41. The number of piperazine rings is 1. The van der Waals surface area contributed by atoms with Crippen molar-refractivity contribution in [2.24, 2.45) is 5.41 Å². The van der Waals surface area contributed by atoms with Crippen LogP contribution < -0.4 is 30.9 Å². The van der Waals surface area contributed by atoms with Crippen molar-refractivity contribution in [2.75, 3.05) is 48.8 Å². The highest BCUT2D eigenvalue weighted by Crippen LogP contribution is 2.57. The van der Waals surface area contributed by atoms with Gasteiger partial charge in [0.05, 0.1) is 23.9 Å². The number of hydrogen-bond acceptors (Lipinski definition) is 10. The van der Waals surface area contributed by atoms with Gasteiger partial charge in [-0.25, -0.2) is 4.39 Å². The van der Waals surface area contributed by atoms with Gasteiger partial charge in [-0.3, -0.25) is 34.3 Å².